The number of carboxylic acid groups (broad SMARTS) is 1. The standard InChI is InChI=1S/C20H28O2.C14H21N3O3S/c1-15(8-6-9-16(2)14-19(21)22)11-12-18-17(3)10-7-13-20(18,4)5;1-10-7-8-12(9-13(10)15)21(19,20)17-14(18)16-11-5-3-2-4-6-11/h6,8-9,11-12,14H,7,10,13H2,1-5H3,(H,21,22);7-9,11H,2-6,15H2,1H3,(H2,16,17,18)/b9-6+,12-11+,15-8+,16-14+;. The molecule has 236 valence electrons. The van der Waals surface area contributed by atoms with Crippen LogP contribution in [0.4, 0.5) is 10.5 Å². The highest BCUT2D eigenvalue weighted by Crippen LogP contribution is 2.40. The van der Waals surface area contributed by atoms with Crippen LogP contribution in [0.5, 0.6) is 0 Å². The van der Waals surface area contributed by atoms with Gasteiger partial charge in [0.25, 0.3) is 10.0 Å². The number of carbonyl (C=O) groups is 2. The smallest absolute Gasteiger partial charge is 0.328 e. The third-order valence-corrected chi connectivity index (χ3v) is 9.18. The second-order valence-electron chi connectivity index (χ2n) is 12.2. The van der Waals surface area contributed by atoms with E-state index < -0.39 is 22.0 Å². The molecule has 9 heteroatoms. The minimum atomic E-state index is -3.89. The molecule has 1 fully saturated rings. The Bertz CT molecular complexity index is 1410. The van der Waals surface area contributed by atoms with Gasteiger partial charge < -0.3 is 16.2 Å². The van der Waals surface area contributed by atoms with Gasteiger partial charge in [-0.2, -0.15) is 0 Å². The van der Waals surface area contributed by atoms with Crippen LogP contribution < -0.4 is 15.8 Å². The van der Waals surface area contributed by atoms with Gasteiger partial charge in [-0.1, -0.05) is 80.7 Å². The third kappa shape index (κ3) is 12.3. The number of carboxylic acids is 1. The number of anilines is 1. The summed E-state index contributed by atoms with van der Waals surface area (Å²) in [5, 5.41) is 11.4. The predicted octanol–water partition coefficient (Wildman–Crippen LogP) is 7.50. The van der Waals surface area contributed by atoms with Crippen LogP contribution in [0.3, 0.4) is 0 Å². The molecule has 1 saturated carbocycles. The Balaban J connectivity index is 0.000000300. The molecule has 0 unspecified atom stereocenters. The molecule has 43 heavy (non-hydrogen) atoms. The molecule has 3 rings (SSSR count). The number of allylic oxidation sites excluding steroid dienone is 9. The summed E-state index contributed by atoms with van der Waals surface area (Å²) < 4.78 is 26.3. The Morgan fingerprint density at radius 2 is 1.70 bits per heavy atom. The van der Waals surface area contributed by atoms with Crippen molar-refractivity contribution in [2.24, 2.45) is 5.41 Å². The van der Waals surface area contributed by atoms with E-state index >= 15 is 0 Å². The first-order valence-corrected chi connectivity index (χ1v) is 16.4. The molecule has 0 heterocycles. The molecule has 8 nitrogen and oxygen atoms in total. The number of rotatable bonds is 8. The zero-order valence-electron chi connectivity index (χ0n) is 26.5. The lowest BCUT2D eigenvalue weighted by molar-refractivity contribution is -0.131. The van der Waals surface area contributed by atoms with E-state index in [1.807, 2.05) is 16.9 Å². The molecule has 0 bridgehead atoms. The number of nitrogens with two attached hydrogens (primary N) is 1. The quantitative estimate of drug-likeness (QED) is 0.136. The number of sulfonamides is 1. The number of hydrogen-bond donors (Lipinski definition) is 4. The van der Waals surface area contributed by atoms with E-state index in [1.165, 1.54) is 55.0 Å². The van der Waals surface area contributed by atoms with Crippen LogP contribution in [0.15, 0.2) is 81.8 Å². The number of benzene rings is 1. The largest absolute Gasteiger partial charge is 0.478 e. The fourth-order valence-electron chi connectivity index (χ4n) is 5.30. The number of nitrogens with one attached hydrogen (secondary N) is 2. The molecule has 2 amide bonds. The van der Waals surface area contributed by atoms with Gasteiger partial charge in [0.2, 0.25) is 0 Å². The van der Waals surface area contributed by atoms with Crippen molar-refractivity contribution in [2.45, 2.75) is 104 Å². The van der Waals surface area contributed by atoms with E-state index in [0.717, 1.165) is 42.4 Å². The Morgan fingerprint density at radius 1 is 1.02 bits per heavy atom. The number of amides is 2. The summed E-state index contributed by atoms with van der Waals surface area (Å²) >= 11 is 0. The highest BCUT2D eigenvalue weighted by molar-refractivity contribution is 7.90. The molecular formula is C34H49N3O5S. The molecule has 2 aliphatic carbocycles. The van der Waals surface area contributed by atoms with Crippen LogP contribution in [0, 0.1) is 12.3 Å². The van der Waals surface area contributed by atoms with Gasteiger partial charge in [-0.25, -0.2) is 22.7 Å². The van der Waals surface area contributed by atoms with Gasteiger partial charge in [0.1, 0.15) is 0 Å². The lowest BCUT2D eigenvalue weighted by atomic mass is 9.72. The van der Waals surface area contributed by atoms with Gasteiger partial charge in [-0.15, -0.1) is 0 Å². The van der Waals surface area contributed by atoms with E-state index in [2.05, 4.69) is 45.2 Å². The lowest BCUT2D eigenvalue weighted by Gasteiger charge is -2.32. The molecule has 0 spiro atoms. The SMILES string of the molecule is CC1=C(/C=C/C(C)=C/C=C/C(C)=C/C(=O)O)C(C)(C)CCC1.Cc1ccc(S(=O)(=O)NC(=O)NC2CCCCC2)cc1N. The van der Waals surface area contributed by atoms with Gasteiger partial charge in [0.05, 0.1) is 4.90 Å². The van der Waals surface area contributed by atoms with E-state index in [1.54, 1.807) is 26.0 Å². The molecule has 2 aliphatic rings. The minimum Gasteiger partial charge on any atom is -0.478 e. The molecule has 0 radical (unpaired) electrons. The van der Waals surface area contributed by atoms with E-state index in [0.29, 0.717) is 5.69 Å². The number of carbonyl (C=O) groups excluding carboxylic acids is 1. The number of nitrogen functional groups attached to an aromatic ring is 1. The number of aliphatic carboxylic acids is 1. The van der Waals surface area contributed by atoms with E-state index in [9.17, 15) is 18.0 Å². The van der Waals surface area contributed by atoms with Crippen molar-refractivity contribution in [1.82, 2.24) is 10.0 Å². The summed E-state index contributed by atoms with van der Waals surface area (Å²) in [7, 11) is -3.89. The molecule has 1 aromatic rings. The molecule has 5 N–H and O–H groups in total. The van der Waals surface area contributed by atoms with E-state index in [4.69, 9.17) is 10.8 Å². The monoisotopic (exact) mass is 611 g/mol. The van der Waals surface area contributed by atoms with Gasteiger partial charge in [-0.3, -0.25) is 0 Å². The normalized spacial score (nSPS) is 18.4. The number of aryl methyl sites for hydroxylation is 1. The van der Waals surface area contributed by atoms with Crippen LogP contribution in [0.1, 0.15) is 91.5 Å². The average molecular weight is 612 g/mol. The summed E-state index contributed by atoms with van der Waals surface area (Å²) in [4.78, 5) is 22.3. The second-order valence-corrected chi connectivity index (χ2v) is 13.9. The minimum absolute atomic E-state index is 0.00982. The summed E-state index contributed by atoms with van der Waals surface area (Å²) in [5.74, 6) is -0.912. The van der Waals surface area contributed by atoms with Crippen molar-refractivity contribution >= 4 is 27.7 Å². The zero-order valence-corrected chi connectivity index (χ0v) is 27.3. The highest BCUT2D eigenvalue weighted by Gasteiger charge is 2.26. The van der Waals surface area contributed by atoms with Crippen molar-refractivity contribution in [3.05, 3.63) is 82.5 Å². The lowest BCUT2D eigenvalue weighted by Crippen LogP contribution is -2.45. The van der Waals surface area contributed by atoms with Crippen LogP contribution in [0.25, 0.3) is 0 Å². The van der Waals surface area contributed by atoms with Crippen LogP contribution in [-0.2, 0) is 14.8 Å². The molecular weight excluding hydrogens is 562 g/mol. The first kappa shape index (κ1) is 35.6. The van der Waals surface area contributed by atoms with Gasteiger partial charge in [0, 0.05) is 17.8 Å². The zero-order chi connectivity index (χ0) is 32.2. The fourth-order valence-corrected chi connectivity index (χ4v) is 6.25. The van der Waals surface area contributed by atoms with Crippen molar-refractivity contribution in [3.8, 4) is 0 Å². The maximum Gasteiger partial charge on any atom is 0.328 e. The Morgan fingerprint density at radius 3 is 2.30 bits per heavy atom. The second kappa shape index (κ2) is 16.3. The van der Waals surface area contributed by atoms with Gasteiger partial charge in [-0.05, 0) is 94.1 Å². The Hall–Kier alpha value is -3.59. The Kier molecular flexibility index (Phi) is 13.5. The first-order chi connectivity index (χ1) is 20.1. The number of hydrogen-bond acceptors (Lipinski definition) is 5. The van der Waals surface area contributed by atoms with Crippen molar-refractivity contribution in [2.75, 3.05) is 5.73 Å². The molecule has 0 saturated heterocycles. The Labute approximate surface area is 258 Å². The van der Waals surface area contributed by atoms with Crippen molar-refractivity contribution in [1.29, 1.82) is 0 Å². The van der Waals surface area contributed by atoms with Crippen molar-refractivity contribution in [3.63, 3.8) is 0 Å². The summed E-state index contributed by atoms with van der Waals surface area (Å²) in [6.07, 6.45) is 20.1. The maximum atomic E-state index is 12.1. The van der Waals surface area contributed by atoms with Crippen molar-refractivity contribution < 1.29 is 23.1 Å². The van der Waals surface area contributed by atoms with Gasteiger partial charge in [0.15, 0.2) is 0 Å². The van der Waals surface area contributed by atoms with Crippen LogP contribution >= 0.6 is 0 Å². The third-order valence-electron chi connectivity index (χ3n) is 7.85. The fraction of sp³-hybridized carbons (Fsp3) is 0.471. The van der Waals surface area contributed by atoms with E-state index in [-0.39, 0.29) is 16.4 Å². The molecule has 0 aromatic heterocycles. The van der Waals surface area contributed by atoms with Crippen LogP contribution in [-0.4, -0.2) is 31.6 Å². The van der Waals surface area contributed by atoms with Gasteiger partial charge >= 0.3 is 12.0 Å². The number of urea groups is 1. The first-order valence-electron chi connectivity index (χ1n) is 14.9. The predicted molar refractivity (Wildman–Crippen MR) is 175 cm³/mol. The highest BCUT2D eigenvalue weighted by atomic mass is 32.2. The average Bonchev–Trinajstić information content (AvgIpc) is 2.89. The molecule has 1 aromatic carbocycles. The summed E-state index contributed by atoms with van der Waals surface area (Å²) in [6.45, 7) is 12.5. The molecule has 0 atom stereocenters. The molecule has 0 aliphatic heterocycles. The summed E-state index contributed by atoms with van der Waals surface area (Å²) in [6, 6.07) is 3.77. The topological polar surface area (TPSA) is 139 Å². The summed E-state index contributed by atoms with van der Waals surface area (Å²) in [5.41, 5.74) is 12.0. The maximum absolute atomic E-state index is 12.1. The van der Waals surface area contributed by atoms with Crippen LogP contribution in [0.2, 0.25) is 0 Å².